The summed E-state index contributed by atoms with van der Waals surface area (Å²) in [6.07, 6.45) is 5.48. The molecular formula is C37H36N4O3. The van der Waals surface area contributed by atoms with E-state index in [0.717, 1.165) is 64.6 Å². The Labute approximate surface area is 256 Å². The van der Waals surface area contributed by atoms with Crippen molar-refractivity contribution in [1.29, 1.82) is 0 Å². The highest BCUT2D eigenvalue weighted by Crippen LogP contribution is 2.29. The lowest BCUT2D eigenvalue weighted by molar-refractivity contribution is 0.0696. The molecule has 0 saturated carbocycles. The molecular weight excluding hydrogens is 548 g/mol. The van der Waals surface area contributed by atoms with Crippen molar-refractivity contribution >= 4 is 33.8 Å². The first-order chi connectivity index (χ1) is 21.4. The molecule has 0 spiro atoms. The van der Waals surface area contributed by atoms with E-state index in [2.05, 4.69) is 35.0 Å². The highest BCUT2D eigenvalue weighted by atomic mass is 16.4. The number of imidazole rings is 1. The van der Waals surface area contributed by atoms with Crippen LogP contribution in [0, 0.1) is 6.92 Å². The van der Waals surface area contributed by atoms with Crippen molar-refractivity contribution in [1.82, 2.24) is 19.4 Å². The number of carbonyl (C=O) groups excluding carboxylic acids is 1. The van der Waals surface area contributed by atoms with Gasteiger partial charge in [-0.25, -0.2) is 9.78 Å². The van der Waals surface area contributed by atoms with Gasteiger partial charge in [-0.2, -0.15) is 0 Å². The summed E-state index contributed by atoms with van der Waals surface area (Å²) < 4.78 is 4.17. The van der Waals surface area contributed by atoms with E-state index >= 15 is 0 Å². The number of aromatic nitrogens is 3. The zero-order valence-electron chi connectivity index (χ0n) is 25.1. The van der Waals surface area contributed by atoms with Crippen LogP contribution in [0.25, 0.3) is 27.6 Å². The van der Waals surface area contributed by atoms with Crippen molar-refractivity contribution in [2.75, 3.05) is 6.54 Å². The second kappa shape index (κ2) is 12.6. The van der Waals surface area contributed by atoms with Crippen LogP contribution in [0.4, 0.5) is 0 Å². The van der Waals surface area contributed by atoms with Gasteiger partial charge in [-0.05, 0) is 79.3 Å². The molecule has 7 nitrogen and oxygen atoms in total. The van der Waals surface area contributed by atoms with E-state index in [1.807, 2.05) is 78.4 Å². The normalized spacial score (nSPS) is 11.3. The van der Waals surface area contributed by atoms with Crippen LogP contribution >= 0.6 is 0 Å². The summed E-state index contributed by atoms with van der Waals surface area (Å²) in [6.45, 7) is 5.35. The number of aryl methyl sites for hydroxylation is 3. The molecule has 44 heavy (non-hydrogen) atoms. The second-order valence-electron chi connectivity index (χ2n) is 11.2. The molecule has 6 aromatic rings. The molecule has 0 radical (unpaired) electrons. The summed E-state index contributed by atoms with van der Waals surface area (Å²) in [7, 11) is 0. The summed E-state index contributed by atoms with van der Waals surface area (Å²) in [5, 5.41) is 13.9. The van der Waals surface area contributed by atoms with Gasteiger partial charge in [-0.3, -0.25) is 4.79 Å². The van der Waals surface area contributed by atoms with Crippen LogP contribution in [0.15, 0.2) is 97.2 Å². The number of benzene rings is 4. The number of aromatic carboxylic acids is 1. The van der Waals surface area contributed by atoms with E-state index in [-0.39, 0.29) is 11.5 Å². The molecule has 4 aromatic carbocycles. The number of nitrogens with zero attached hydrogens (tertiary/aromatic N) is 3. The van der Waals surface area contributed by atoms with E-state index in [1.165, 1.54) is 5.56 Å². The Morgan fingerprint density at radius 3 is 2.48 bits per heavy atom. The third-order valence-corrected chi connectivity index (χ3v) is 8.18. The predicted octanol–water partition coefficient (Wildman–Crippen LogP) is 7.35. The fourth-order valence-corrected chi connectivity index (χ4v) is 6.02. The van der Waals surface area contributed by atoms with E-state index < -0.39 is 5.97 Å². The van der Waals surface area contributed by atoms with Crippen molar-refractivity contribution in [3.05, 3.63) is 131 Å². The van der Waals surface area contributed by atoms with Crippen molar-refractivity contribution in [3.8, 4) is 5.69 Å². The zero-order valence-corrected chi connectivity index (χ0v) is 25.1. The van der Waals surface area contributed by atoms with Crippen LogP contribution in [-0.2, 0) is 19.4 Å². The van der Waals surface area contributed by atoms with E-state index in [9.17, 15) is 14.7 Å². The van der Waals surface area contributed by atoms with Gasteiger partial charge >= 0.3 is 5.97 Å². The largest absolute Gasteiger partial charge is 0.478 e. The Hall–Kier alpha value is -5.17. The lowest BCUT2D eigenvalue weighted by Gasteiger charge is -2.13. The molecule has 6 rings (SSSR count). The third-order valence-electron chi connectivity index (χ3n) is 8.18. The number of carboxylic acids is 1. The van der Waals surface area contributed by atoms with E-state index in [1.54, 1.807) is 12.1 Å². The number of nitrogens with one attached hydrogen (secondary N) is 1. The summed E-state index contributed by atoms with van der Waals surface area (Å²) in [6, 6.07) is 29.4. The quantitative estimate of drug-likeness (QED) is 0.156. The van der Waals surface area contributed by atoms with Gasteiger partial charge in [0.25, 0.3) is 5.91 Å². The van der Waals surface area contributed by atoms with Crippen molar-refractivity contribution in [2.24, 2.45) is 0 Å². The molecule has 0 bridgehead atoms. The molecule has 0 aliphatic carbocycles. The number of carbonyl (C=O) groups is 2. The molecule has 1 amide bonds. The minimum atomic E-state index is -0.959. The van der Waals surface area contributed by atoms with Crippen LogP contribution in [0.3, 0.4) is 0 Å². The third kappa shape index (κ3) is 5.73. The molecule has 2 heterocycles. The van der Waals surface area contributed by atoms with Gasteiger partial charge in [-0.1, -0.05) is 61.5 Å². The molecule has 2 aromatic heterocycles. The Morgan fingerprint density at radius 1 is 0.886 bits per heavy atom. The van der Waals surface area contributed by atoms with E-state index in [4.69, 9.17) is 4.98 Å². The van der Waals surface area contributed by atoms with Crippen molar-refractivity contribution < 1.29 is 14.7 Å². The van der Waals surface area contributed by atoms with Gasteiger partial charge in [-0.15, -0.1) is 0 Å². The number of hydrogen-bond donors (Lipinski definition) is 2. The maximum atomic E-state index is 13.3. The van der Waals surface area contributed by atoms with Crippen molar-refractivity contribution in [2.45, 2.75) is 46.1 Å². The molecule has 0 fully saturated rings. The molecule has 222 valence electrons. The molecule has 0 aliphatic rings. The zero-order chi connectivity index (χ0) is 30.6. The van der Waals surface area contributed by atoms with Gasteiger partial charge in [0.2, 0.25) is 0 Å². The Morgan fingerprint density at radius 2 is 1.68 bits per heavy atom. The average molecular weight is 585 g/mol. The minimum absolute atomic E-state index is 0.0795. The number of carboxylic acid groups (broad SMARTS) is 1. The number of para-hydroxylation sites is 1. The van der Waals surface area contributed by atoms with Crippen LogP contribution in [0.1, 0.15) is 63.0 Å². The van der Waals surface area contributed by atoms with Crippen LogP contribution in [0.5, 0.6) is 0 Å². The fourth-order valence-electron chi connectivity index (χ4n) is 6.02. The average Bonchev–Trinajstić information content (AvgIpc) is 3.62. The van der Waals surface area contributed by atoms with Crippen LogP contribution in [0.2, 0.25) is 0 Å². The van der Waals surface area contributed by atoms with E-state index in [0.29, 0.717) is 24.3 Å². The first-order valence-electron chi connectivity index (χ1n) is 15.2. The van der Waals surface area contributed by atoms with Gasteiger partial charge < -0.3 is 19.6 Å². The molecule has 0 aliphatic heterocycles. The Bertz CT molecular complexity index is 1970. The first-order valence-corrected chi connectivity index (χ1v) is 15.2. The molecule has 0 unspecified atom stereocenters. The molecule has 7 heteroatoms. The topological polar surface area (TPSA) is 89.2 Å². The lowest BCUT2D eigenvalue weighted by Crippen LogP contribution is -2.25. The minimum Gasteiger partial charge on any atom is -0.478 e. The first kappa shape index (κ1) is 28.9. The molecule has 0 atom stereocenters. The number of fused-ring (bicyclic) bond motifs is 2. The number of rotatable bonds is 11. The summed E-state index contributed by atoms with van der Waals surface area (Å²) in [5.41, 5.74) is 7.64. The fraction of sp³-hybridized carbons (Fsp3) is 0.216. The summed E-state index contributed by atoms with van der Waals surface area (Å²) in [4.78, 5) is 30.2. The van der Waals surface area contributed by atoms with Gasteiger partial charge in [0.05, 0.1) is 34.3 Å². The highest BCUT2D eigenvalue weighted by molar-refractivity contribution is 5.98. The standard InChI is InChI=1S/C37H36N4O3/c1-3-11-34-39-35-25(2)22-28(36(42)38-20-10-14-26-12-5-4-6-13-26)23-33(35)41(34)24-27-15-9-18-31-29(27)19-21-40(31)32-17-8-7-16-30(32)37(43)44/h4-9,12-13,15-19,21-23H,3,10-11,14,20,24H2,1-2H3,(H,38,42)(H,43,44). The Balaban J connectivity index is 1.32. The molecule has 0 saturated heterocycles. The molecule has 2 N–H and O–H groups in total. The predicted molar refractivity (Wildman–Crippen MR) is 175 cm³/mol. The highest BCUT2D eigenvalue weighted by Gasteiger charge is 2.18. The number of amides is 1. The van der Waals surface area contributed by atoms with Crippen LogP contribution in [-0.4, -0.2) is 37.6 Å². The maximum absolute atomic E-state index is 13.3. The summed E-state index contributed by atoms with van der Waals surface area (Å²) >= 11 is 0. The van der Waals surface area contributed by atoms with Gasteiger partial charge in [0.1, 0.15) is 5.82 Å². The lowest BCUT2D eigenvalue weighted by atomic mass is 10.1. The smallest absolute Gasteiger partial charge is 0.337 e. The SMILES string of the molecule is CCCc1nc2c(C)cc(C(=O)NCCCc3ccccc3)cc2n1Cc1cccc2c1ccn2-c1ccccc1C(=O)O. The maximum Gasteiger partial charge on any atom is 0.337 e. The van der Waals surface area contributed by atoms with Gasteiger partial charge in [0, 0.05) is 30.1 Å². The Kier molecular flexibility index (Phi) is 8.28. The number of hydrogen-bond acceptors (Lipinski definition) is 3. The van der Waals surface area contributed by atoms with Crippen LogP contribution < -0.4 is 5.32 Å². The summed E-state index contributed by atoms with van der Waals surface area (Å²) in [5.74, 6) is -0.0538. The van der Waals surface area contributed by atoms with Gasteiger partial charge in [0.15, 0.2) is 0 Å². The van der Waals surface area contributed by atoms with Crippen molar-refractivity contribution in [3.63, 3.8) is 0 Å². The second-order valence-corrected chi connectivity index (χ2v) is 11.2. The monoisotopic (exact) mass is 584 g/mol.